The summed E-state index contributed by atoms with van der Waals surface area (Å²) < 4.78 is 0. The molecule has 3 aromatic rings. The van der Waals surface area contributed by atoms with Crippen molar-refractivity contribution in [2.75, 3.05) is 19.6 Å². The second-order valence-corrected chi connectivity index (χ2v) is 15.7. The van der Waals surface area contributed by atoms with Crippen LogP contribution in [0.5, 0.6) is 0 Å². The van der Waals surface area contributed by atoms with E-state index in [0.29, 0.717) is 76.7 Å². The van der Waals surface area contributed by atoms with E-state index in [2.05, 4.69) is 31.0 Å². The molecule has 17 nitrogen and oxygen atoms in total. The number of benzene rings is 1. The normalized spacial score (nSPS) is 22.0. The third kappa shape index (κ3) is 9.31. The number of carbonyl (C=O) groups is 6. The van der Waals surface area contributed by atoms with E-state index in [4.69, 9.17) is 11.6 Å². The van der Waals surface area contributed by atoms with Gasteiger partial charge in [-0.2, -0.15) is 0 Å². The number of aromatic amines is 2. The van der Waals surface area contributed by atoms with Gasteiger partial charge in [0.2, 0.25) is 29.5 Å². The number of hydrazine groups is 1. The van der Waals surface area contributed by atoms with Crippen molar-refractivity contribution in [1.82, 2.24) is 45.7 Å². The lowest BCUT2D eigenvalue weighted by Crippen LogP contribution is -2.63. The quantitative estimate of drug-likeness (QED) is 0.0692. The predicted molar refractivity (Wildman–Crippen MR) is 211 cm³/mol. The summed E-state index contributed by atoms with van der Waals surface area (Å²) in [5.74, 6) is 2.65. The molecular weight excluding hydrogens is 731 g/mol. The number of H-pyrrole nitrogens is 2. The van der Waals surface area contributed by atoms with Gasteiger partial charge < -0.3 is 41.0 Å². The highest BCUT2D eigenvalue weighted by molar-refractivity contribution is 5.97. The van der Waals surface area contributed by atoms with Crippen molar-refractivity contribution < 1.29 is 28.8 Å². The van der Waals surface area contributed by atoms with Gasteiger partial charge in [0.1, 0.15) is 30.2 Å². The topological polar surface area (TPSA) is 245 Å². The molecule has 3 saturated heterocycles. The van der Waals surface area contributed by atoms with E-state index >= 15 is 0 Å². The van der Waals surface area contributed by atoms with Crippen molar-refractivity contribution in [3.63, 3.8) is 0 Å². The highest BCUT2D eigenvalue weighted by Crippen LogP contribution is 2.27. The molecule has 0 aliphatic carbocycles. The molecule has 3 aliphatic heterocycles. The van der Waals surface area contributed by atoms with Gasteiger partial charge in [-0.3, -0.25) is 34.2 Å². The fourth-order valence-electron chi connectivity index (χ4n) is 8.55. The number of imidazole rings is 1. The molecule has 6 amide bonds. The predicted octanol–water partition coefficient (Wildman–Crippen LogP) is 0.762. The van der Waals surface area contributed by atoms with E-state index in [-0.39, 0.29) is 30.6 Å². The number of nitrogens with two attached hydrogens (primary N) is 2. The van der Waals surface area contributed by atoms with E-state index in [1.165, 1.54) is 11.2 Å². The molecular formula is C40H57N11O6. The number of nitrogens with one attached hydrogen (secondary N) is 5. The van der Waals surface area contributed by atoms with Gasteiger partial charge in [0.05, 0.1) is 12.4 Å². The molecule has 0 saturated carbocycles. The van der Waals surface area contributed by atoms with Crippen molar-refractivity contribution in [2.24, 2.45) is 17.5 Å². The lowest BCUT2D eigenvalue weighted by molar-refractivity contribution is -0.154. The Kier molecular flexibility index (Phi) is 13.6. The summed E-state index contributed by atoms with van der Waals surface area (Å²) in [5.41, 5.74) is 11.0. The number of carbonyl (C=O) groups excluding carboxylic acids is 6. The molecule has 2 aromatic heterocycles. The SMILES string of the molecule is CCC(C)[C@H](NC(=O)[C@H](N)Cc1c[nH]c2ccccc12)C(=O)N1CCCC[C@@H]1C(=O)N1CCCC[C@H]1C(=O)N[C@H](Cc1cnc[nH]1)C(=O)N1CCC[C@H]1C(=O)NN. The molecule has 57 heavy (non-hydrogen) atoms. The Labute approximate surface area is 332 Å². The number of hydrogen-bond donors (Lipinski definition) is 7. The molecule has 0 spiro atoms. The maximum absolute atomic E-state index is 14.6. The van der Waals surface area contributed by atoms with Crippen LogP contribution in [0.2, 0.25) is 0 Å². The van der Waals surface area contributed by atoms with E-state index in [9.17, 15) is 28.8 Å². The first-order valence-corrected chi connectivity index (χ1v) is 20.3. The minimum absolute atomic E-state index is 0.0950. The van der Waals surface area contributed by atoms with Gasteiger partial charge in [-0.25, -0.2) is 10.8 Å². The summed E-state index contributed by atoms with van der Waals surface area (Å²) in [6, 6.07) is 2.45. The first-order valence-electron chi connectivity index (χ1n) is 20.3. The van der Waals surface area contributed by atoms with E-state index in [1.807, 2.05) is 44.3 Å². The van der Waals surface area contributed by atoms with Gasteiger partial charge in [0.15, 0.2) is 0 Å². The minimum Gasteiger partial charge on any atom is -0.361 e. The largest absolute Gasteiger partial charge is 0.361 e. The second kappa shape index (κ2) is 18.8. The smallest absolute Gasteiger partial charge is 0.256 e. The number of aromatic nitrogens is 3. The number of amides is 6. The molecule has 1 aromatic carbocycles. The van der Waals surface area contributed by atoms with Crippen molar-refractivity contribution in [3.8, 4) is 0 Å². The maximum atomic E-state index is 14.6. The number of para-hydroxylation sites is 1. The Hall–Kier alpha value is -5.29. The molecule has 5 heterocycles. The lowest BCUT2D eigenvalue weighted by atomic mass is 9.92. The third-order valence-electron chi connectivity index (χ3n) is 12.0. The van der Waals surface area contributed by atoms with Gasteiger partial charge in [0, 0.05) is 55.0 Å². The van der Waals surface area contributed by atoms with Crippen LogP contribution in [0.3, 0.4) is 0 Å². The Morgan fingerprint density at radius 3 is 2.21 bits per heavy atom. The summed E-state index contributed by atoms with van der Waals surface area (Å²) >= 11 is 0. The number of rotatable bonds is 14. The summed E-state index contributed by atoms with van der Waals surface area (Å²) in [4.78, 5) is 98.2. The Morgan fingerprint density at radius 2 is 1.49 bits per heavy atom. The maximum Gasteiger partial charge on any atom is 0.256 e. The fourth-order valence-corrected chi connectivity index (χ4v) is 8.55. The first-order chi connectivity index (χ1) is 27.5. The first kappa shape index (κ1) is 41.3. The fraction of sp³-hybridized carbons (Fsp3) is 0.575. The van der Waals surface area contributed by atoms with Crippen molar-refractivity contribution in [3.05, 3.63) is 54.2 Å². The molecule has 7 atom stereocenters. The summed E-state index contributed by atoms with van der Waals surface area (Å²) in [6.45, 7) is 4.82. The van der Waals surface area contributed by atoms with Crippen molar-refractivity contribution in [1.29, 1.82) is 0 Å². The average Bonchev–Trinajstić information content (AvgIpc) is 4.03. The molecule has 17 heteroatoms. The van der Waals surface area contributed by atoms with E-state index in [0.717, 1.165) is 22.9 Å². The zero-order chi connectivity index (χ0) is 40.6. The summed E-state index contributed by atoms with van der Waals surface area (Å²) in [7, 11) is 0. The molecule has 9 N–H and O–H groups in total. The molecule has 0 radical (unpaired) electrons. The molecule has 0 bridgehead atoms. The Bertz CT molecular complexity index is 1900. The number of likely N-dealkylation sites (tertiary alicyclic amines) is 3. The zero-order valence-corrected chi connectivity index (χ0v) is 32.9. The number of hydrogen-bond acceptors (Lipinski definition) is 9. The van der Waals surface area contributed by atoms with Crippen LogP contribution in [0, 0.1) is 5.92 Å². The van der Waals surface area contributed by atoms with Gasteiger partial charge in [-0.05, 0) is 75.3 Å². The number of fused-ring (bicyclic) bond motifs is 1. The minimum atomic E-state index is -1.04. The van der Waals surface area contributed by atoms with Crippen LogP contribution < -0.4 is 27.6 Å². The second-order valence-electron chi connectivity index (χ2n) is 15.7. The lowest BCUT2D eigenvalue weighted by Gasteiger charge is -2.43. The van der Waals surface area contributed by atoms with Crippen molar-refractivity contribution in [2.45, 2.75) is 121 Å². The van der Waals surface area contributed by atoms with E-state index in [1.54, 1.807) is 16.0 Å². The van der Waals surface area contributed by atoms with Crippen molar-refractivity contribution >= 4 is 46.3 Å². The molecule has 3 fully saturated rings. The highest BCUT2D eigenvalue weighted by Gasteiger charge is 2.44. The Morgan fingerprint density at radius 1 is 0.825 bits per heavy atom. The summed E-state index contributed by atoms with van der Waals surface area (Å²) in [6.07, 6.45) is 10.5. The highest BCUT2D eigenvalue weighted by atomic mass is 16.2. The number of nitrogens with zero attached hydrogens (tertiary/aromatic N) is 4. The Balaban J connectivity index is 1.17. The van der Waals surface area contributed by atoms with Crippen LogP contribution in [0.15, 0.2) is 43.0 Å². The standard InChI is InChI=1S/C40H57N11O6/c1-3-24(2)34(47-35(52)28(41)19-25-21-44-29-12-5-4-11-27(25)29)40(57)51-17-9-7-14-33(51)39(56)50-16-8-6-13-31(50)36(53)46-30(20-26-22-43-23-45-26)38(55)49-18-10-15-32(49)37(54)48-42/h4-5,11-12,21-24,28,30-34,44H,3,6-10,13-20,41-42H2,1-2H3,(H,43,45)(H,46,53)(H,47,52)(H,48,54)/t24?,28-,30-,31+,32+,33-,34+/m1/s1. The van der Waals surface area contributed by atoms with E-state index < -0.39 is 59.9 Å². The monoisotopic (exact) mass is 787 g/mol. The van der Waals surface area contributed by atoms with Crippen LogP contribution in [0.4, 0.5) is 0 Å². The molecule has 1 unspecified atom stereocenters. The van der Waals surface area contributed by atoms with Gasteiger partial charge >= 0.3 is 0 Å². The molecule has 3 aliphatic rings. The van der Waals surface area contributed by atoms with Gasteiger partial charge in [-0.1, -0.05) is 38.5 Å². The van der Waals surface area contributed by atoms with Crippen LogP contribution in [0.25, 0.3) is 10.9 Å². The number of piperidine rings is 2. The molecule has 308 valence electrons. The summed E-state index contributed by atoms with van der Waals surface area (Å²) in [5, 5.41) is 6.85. The van der Waals surface area contributed by atoms with Gasteiger partial charge in [0.25, 0.3) is 5.91 Å². The third-order valence-corrected chi connectivity index (χ3v) is 12.0. The van der Waals surface area contributed by atoms with Crippen LogP contribution in [-0.4, -0.2) is 121 Å². The van der Waals surface area contributed by atoms with Gasteiger partial charge in [-0.15, -0.1) is 0 Å². The van der Waals surface area contributed by atoms with Crippen LogP contribution >= 0.6 is 0 Å². The zero-order valence-electron chi connectivity index (χ0n) is 32.9. The van der Waals surface area contributed by atoms with Crippen LogP contribution in [0.1, 0.15) is 82.9 Å². The molecule has 6 rings (SSSR count). The average molecular weight is 788 g/mol. The van der Waals surface area contributed by atoms with Crippen LogP contribution in [-0.2, 0) is 41.6 Å².